The molecule has 4 bridgehead atoms. The fourth-order valence-corrected chi connectivity index (χ4v) is 11.4. The first-order chi connectivity index (χ1) is 23.3. The summed E-state index contributed by atoms with van der Waals surface area (Å²) < 4.78 is 0. The lowest BCUT2D eigenvalue weighted by Crippen LogP contribution is -2.55. The van der Waals surface area contributed by atoms with Crippen molar-refractivity contribution in [2.75, 3.05) is 4.90 Å². The number of anilines is 3. The monoisotopic (exact) mass is 603 g/mol. The number of rotatable bonds is 3. The molecule has 1 nitrogen and oxygen atoms in total. The Morgan fingerprint density at radius 2 is 1.00 bits per heavy atom. The highest BCUT2D eigenvalue weighted by Crippen LogP contribution is 2.70. The predicted octanol–water partition coefficient (Wildman–Crippen LogP) is 12.3. The van der Waals surface area contributed by atoms with Crippen molar-refractivity contribution in [1.29, 1.82) is 0 Å². The number of benzene rings is 7. The second kappa shape index (κ2) is 9.58. The quantitative estimate of drug-likeness (QED) is 0.182. The second-order valence-electron chi connectivity index (χ2n) is 14.9. The van der Waals surface area contributed by atoms with Crippen LogP contribution in [0.15, 0.2) is 140 Å². The van der Waals surface area contributed by atoms with Crippen molar-refractivity contribution >= 4 is 49.4 Å². The van der Waals surface area contributed by atoms with E-state index in [2.05, 4.69) is 144 Å². The van der Waals surface area contributed by atoms with Crippen molar-refractivity contribution in [1.82, 2.24) is 0 Å². The van der Waals surface area contributed by atoms with Gasteiger partial charge >= 0.3 is 0 Å². The Hall–Kier alpha value is -4.88. The molecule has 5 aliphatic carbocycles. The predicted molar refractivity (Wildman–Crippen MR) is 197 cm³/mol. The molecule has 47 heavy (non-hydrogen) atoms. The van der Waals surface area contributed by atoms with Crippen molar-refractivity contribution in [3.05, 3.63) is 151 Å². The van der Waals surface area contributed by atoms with Gasteiger partial charge in [-0.05, 0) is 112 Å². The Bertz CT molecular complexity index is 2360. The summed E-state index contributed by atoms with van der Waals surface area (Å²) in [5, 5.41) is 7.72. The topological polar surface area (TPSA) is 3.24 Å². The molecule has 0 aromatic heterocycles. The maximum Gasteiger partial charge on any atom is 0.0546 e. The van der Waals surface area contributed by atoms with Crippen LogP contribution in [0.5, 0.6) is 0 Å². The zero-order valence-corrected chi connectivity index (χ0v) is 26.6. The van der Waals surface area contributed by atoms with E-state index in [0.717, 1.165) is 23.7 Å². The fourth-order valence-electron chi connectivity index (χ4n) is 11.4. The van der Waals surface area contributed by atoms with E-state index in [0.29, 0.717) is 0 Å². The molecule has 5 aliphatic rings. The highest BCUT2D eigenvalue weighted by atomic mass is 15.1. The van der Waals surface area contributed by atoms with Crippen molar-refractivity contribution < 1.29 is 0 Å². The molecule has 1 heteroatoms. The molecule has 7 aromatic rings. The zero-order valence-electron chi connectivity index (χ0n) is 26.6. The van der Waals surface area contributed by atoms with Crippen LogP contribution in [0.4, 0.5) is 17.1 Å². The highest BCUT2D eigenvalue weighted by Gasteiger charge is 2.61. The molecule has 0 radical (unpaired) electrons. The SMILES string of the molecule is c1ccc2c(c1)-c1c(N(c3cccc4ccccc34)c3cc4ccccc4c4ccccc34)cccc1C21C2CC3CC(C2)CC1C3. The molecule has 0 heterocycles. The van der Waals surface area contributed by atoms with E-state index >= 15 is 0 Å². The molecule has 4 saturated carbocycles. The molecule has 1 spiro atoms. The molecule has 7 aromatic carbocycles. The maximum atomic E-state index is 2.63. The molecular weight excluding hydrogens is 567 g/mol. The Morgan fingerprint density at radius 1 is 0.426 bits per heavy atom. The van der Waals surface area contributed by atoms with Crippen LogP contribution in [0.2, 0.25) is 0 Å². The summed E-state index contributed by atoms with van der Waals surface area (Å²) in [6.07, 6.45) is 7.06. The first-order valence-electron chi connectivity index (χ1n) is 17.7. The molecule has 0 amide bonds. The van der Waals surface area contributed by atoms with Crippen molar-refractivity contribution in [2.24, 2.45) is 23.7 Å². The Labute approximate surface area is 276 Å². The Morgan fingerprint density at radius 3 is 1.81 bits per heavy atom. The zero-order chi connectivity index (χ0) is 30.7. The van der Waals surface area contributed by atoms with Gasteiger partial charge in [0, 0.05) is 21.8 Å². The summed E-state index contributed by atoms with van der Waals surface area (Å²) in [6, 6.07) is 53.0. The third-order valence-corrected chi connectivity index (χ3v) is 12.8. The van der Waals surface area contributed by atoms with Gasteiger partial charge in [0.05, 0.1) is 17.1 Å². The lowest BCUT2D eigenvalue weighted by molar-refractivity contribution is -0.0399. The Balaban J connectivity index is 1.26. The van der Waals surface area contributed by atoms with Crippen LogP contribution in [0.3, 0.4) is 0 Å². The minimum absolute atomic E-state index is 0.130. The molecule has 12 rings (SSSR count). The van der Waals surface area contributed by atoms with Gasteiger partial charge in [-0.3, -0.25) is 0 Å². The number of fused-ring (bicyclic) bond motifs is 7. The average Bonchev–Trinajstić information content (AvgIpc) is 3.42. The van der Waals surface area contributed by atoms with Crippen LogP contribution in [0, 0.1) is 23.7 Å². The second-order valence-corrected chi connectivity index (χ2v) is 14.9. The van der Waals surface area contributed by atoms with Crippen LogP contribution < -0.4 is 4.90 Å². The van der Waals surface area contributed by atoms with Crippen molar-refractivity contribution in [3.8, 4) is 11.1 Å². The third-order valence-electron chi connectivity index (χ3n) is 12.8. The minimum atomic E-state index is 0.130. The highest BCUT2D eigenvalue weighted by molar-refractivity contribution is 6.16. The number of hydrogen-bond donors (Lipinski definition) is 0. The first-order valence-corrected chi connectivity index (χ1v) is 17.7. The molecule has 0 aliphatic heterocycles. The largest absolute Gasteiger partial charge is 0.309 e. The van der Waals surface area contributed by atoms with E-state index < -0.39 is 0 Å². The summed E-state index contributed by atoms with van der Waals surface area (Å²) in [4.78, 5) is 2.63. The summed E-state index contributed by atoms with van der Waals surface area (Å²) in [6.45, 7) is 0. The standard InChI is InChI=1S/C46H37N/c1-4-15-36-31(11-1)13-9-21-42(36)47(44-28-32-12-2-3-14-35(32)37-16-5-6-17-38(37)44)43-22-10-20-41-45(43)39-18-7-8-19-40(39)46(41)33-24-29-23-30(26-33)27-34(46)25-29/h1-22,28-30,33-34H,23-27H2. The molecule has 226 valence electrons. The normalized spacial score (nSPS) is 25.1. The number of nitrogens with zero attached hydrogens (tertiary/aromatic N) is 1. The summed E-state index contributed by atoms with van der Waals surface area (Å²) in [5.41, 5.74) is 10.0. The lowest BCUT2D eigenvalue weighted by atomic mass is 9.43. The van der Waals surface area contributed by atoms with Crippen LogP contribution in [0.1, 0.15) is 43.2 Å². The van der Waals surface area contributed by atoms with Crippen molar-refractivity contribution in [2.45, 2.75) is 37.5 Å². The summed E-state index contributed by atoms with van der Waals surface area (Å²) >= 11 is 0. The van der Waals surface area contributed by atoms with E-state index in [1.807, 2.05) is 0 Å². The van der Waals surface area contributed by atoms with Gasteiger partial charge in [0.25, 0.3) is 0 Å². The molecular formula is C46H37N. The Kier molecular flexibility index (Phi) is 5.34. The van der Waals surface area contributed by atoms with Gasteiger partial charge in [0.2, 0.25) is 0 Å². The molecule has 0 saturated heterocycles. The summed E-state index contributed by atoms with van der Waals surface area (Å²) in [7, 11) is 0. The van der Waals surface area contributed by atoms with Crippen LogP contribution in [-0.4, -0.2) is 0 Å². The number of hydrogen-bond acceptors (Lipinski definition) is 1. The van der Waals surface area contributed by atoms with Crippen LogP contribution in [0.25, 0.3) is 43.4 Å². The van der Waals surface area contributed by atoms with Gasteiger partial charge in [-0.2, -0.15) is 0 Å². The first kappa shape index (κ1) is 26.2. The van der Waals surface area contributed by atoms with Gasteiger partial charge in [0.15, 0.2) is 0 Å². The van der Waals surface area contributed by atoms with Crippen LogP contribution in [-0.2, 0) is 5.41 Å². The fraction of sp³-hybridized carbons (Fsp3) is 0.217. The smallest absolute Gasteiger partial charge is 0.0546 e. The average molecular weight is 604 g/mol. The third kappa shape index (κ3) is 3.45. The molecule has 0 unspecified atom stereocenters. The van der Waals surface area contributed by atoms with Gasteiger partial charge in [-0.25, -0.2) is 0 Å². The van der Waals surface area contributed by atoms with E-state index in [1.54, 1.807) is 11.1 Å². The van der Waals surface area contributed by atoms with E-state index in [-0.39, 0.29) is 5.41 Å². The van der Waals surface area contributed by atoms with E-state index in [4.69, 9.17) is 0 Å². The molecule has 0 atom stereocenters. The van der Waals surface area contributed by atoms with Gasteiger partial charge in [0.1, 0.15) is 0 Å². The molecule has 4 fully saturated rings. The van der Waals surface area contributed by atoms with Gasteiger partial charge in [-0.1, -0.05) is 121 Å². The van der Waals surface area contributed by atoms with Crippen LogP contribution >= 0.6 is 0 Å². The molecule has 0 N–H and O–H groups in total. The van der Waals surface area contributed by atoms with E-state index in [9.17, 15) is 0 Å². The summed E-state index contributed by atoms with van der Waals surface area (Å²) in [5.74, 6) is 3.34. The minimum Gasteiger partial charge on any atom is -0.309 e. The van der Waals surface area contributed by atoms with E-state index in [1.165, 1.54) is 92.6 Å². The lowest BCUT2D eigenvalue weighted by Gasteiger charge is -2.61. The van der Waals surface area contributed by atoms with Crippen molar-refractivity contribution in [3.63, 3.8) is 0 Å². The van der Waals surface area contributed by atoms with Gasteiger partial charge in [-0.15, -0.1) is 0 Å². The maximum absolute atomic E-state index is 2.63. The van der Waals surface area contributed by atoms with Gasteiger partial charge < -0.3 is 4.90 Å².